The summed E-state index contributed by atoms with van der Waals surface area (Å²) in [6.45, 7) is 2.02. The van der Waals surface area contributed by atoms with Gasteiger partial charge in [0.2, 0.25) is 17.4 Å². The van der Waals surface area contributed by atoms with Crippen LogP contribution in [0.5, 0.6) is 5.75 Å². The second-order valence-corrected chi connectivity index (χ2v) is 8.27. The number of aromatic hydroxyl groups is 1. The molecule has 2 aromatic carbocycles. The number of nitrogens with zero attached hydrogens (tertiary/aromatic N) is 1. The Morgan fingerprint density at radius 1 is 1.10 bits per heavy atom. The van der Waals surface area contributed by atoms with Crippen molar-refractivity contribution < 1.29 is 29.5 Å². The second-order valence-electron chi connectivity index (χ2n) is 8.27. The summed E-state index contributed by atoms with van der Waals surface area (Å²) >= 11 is 0. The lowest BCUT2D eigenvalue weighted by Crippen LogP contribution is -2.98. The Labute approximate surface area is 181 Å². The van der Waals surface area contributed by atoms with Gasteiger partial charge in [-0.3, -0.25) is 9.59 Å². The predicted octanol–water partition coefficient (Wildman–Crippen LogP) is 1.92. The molecule has 0 saturated carbocycles. The van der Waals surface area contributed by atoms with E-state index in [9.17, 15) is 19.5 Å². The smallest absolute Gasteiger partial charge is 0.368 e. The Hall–Kier alpha value is -3.19. The molecule has 0 aromatic heterocycles. The van der Waals surface area contributed by atoms with Crippen LogP contribution in [0.2, 0.25) is 0 Å². The largest absolute Gasteiger partial charge is 0.508 e. The van der Waals surface area contributed by atoms with Gasteiger partial charge in [0, 0.05) is 12.0 Å². The maximum absolute atomic E-state index is 13.7. The molecule has 162 valence electrons. The Morgan fingerprint density at radius 2 is 1.77 bits per heavy atom. The Bertz CT molecular complexity index is 991. The van der Waals surface area contributed by atoms with Crippen LogP contribution in [0.1, 0.15) is 37.8 Å². The molecule has 2 amide bonds. The highest BCUT2D eigenvalue weighted by atomic mass is 16.5. The van der Waals surface area contributed by atoms with Crippen LogP contribution in [-0.2, 0) is 19.1 Å². The van der Waals surface area contributed by atoms with Gasteiger partial charge in [-0.05, 0) is 42.8 Å². The van der Waals surface area contributed by atoms with Gasteiger partial charge in [-0.2, -0.15) is 0 Å². The standard InChI is InChI=1S/C24H26N2O5/c1-3-4-14-24(23(30)31-2)19-18(20(25-24)15-10-12-17(27)13-11-15)21(28)26(22(19)29)16-8-6-5-7-9-16/h5-13,18-20,25,27H,3-4,14H2,1-2H3/p+1/t18-,19-,20-,24+/m0/s1. The number of rotatable bonds is 6. The van der Waals surface area contributed by atoms with E-state index in [2.05, 4.69) is 0 Å². The van der Waals surface area contributed by atoms with Crippen LogP contribution < -0.4 is 10.2 Å². The van der Waals surface area contributed by atoms with E-state index in [-0.39, 0.29) is 17.6 Å². The van der Waals surface area contributed by atoms with Crippen molar-refractivity contribution in [3.63, 3.8) is 0 Å². The molecule has 2 saturated heterocycles. The van der Waals surface area contributed by atoms with E-state index in [0.29, 0.717) is 12.1 Å². The first-order valence-electron chi connectivity index (χ1n) is 10.6. The maximum atomic E-state index is 13.7. The second kappa shape index (κ2) is 8.15. The summed E-state index contributed by atoms with van der Waals surface area (Å²) in [6, 6.07) is 15.0. The van der Waals surface area contributed by atoms with Crippen LogP contribution in [0, 0.1) is 11.8 Å². The van der Waals surface area contributed by atoms with Gasteiger partial charge in [0.15, 0.2) is 0 Å². The van der Waals surface area contributed by atoms with Crippen molar-refractivity contribution in [2.45, 2.75) is 37.8 Å². The topological polar surface area (TPSA) is 101 Å². The van der Waals surface area contributed by atoms with Gasteiger partial charge < -0.3 is 15.2 Å². The number of unbranched alkanes of at least 4 members (excludes halogenated alkanes) is 1. The number of phenolic OH excluding ortho intramolecular Hbond substituents is 1. The summed E-state index contributed by atoms with van der Waals surface area (Å²) in [4.78, 5) is 41.6. The fourth-order valence-electron chi connectivity index (χ4n) is 5.15. The lowest BCUT2D eigenvalue weighted by atomic mass is 9.76. The van der Waals surface area contributed by atoms with E-state index in [1.54, 1.807) is 48.5 Å². The van der Waals surface area contributed by atoms with Gasteiger partial charge in [0.05, 0.1) is 12.8 Å². The molecule has 7 nitrogen and oxygen atoms in total. The van der Waals surface area contributed by atoms with Crippen molar-refractivity contribution in [3.8, 4) is 5.75 Å². The normalized spacial score (nSPS) is 27.4. The molecule has 31 heavy (non-hydrogen) atoms. The van der Waals surface area contributed by atoms with Crippen molar-refractivity contribution in [1.29, 1.82) is 0 Å². The number of esters is 1. The first kappa shape index (κ1) is 21.1. The number of ether oxygens (including phenoxy) is 1. The number of carbonyl (C=O) groups excluding carboxylic acids is 3. The number of hydrogen-bond donors (Lipinski definition) is 2. The number of amides is 2. The third-order valence-corrected chi connectivity index (χ3v) is 6.57. The van der Waals surface area contributed by atoms with Crippen LogP contribution in [0.25, 0.3) is 0 Å². The number of phenols is 1. The van der Waals surface area contributed by atoms with Crippen molar-refractivity contribution in [2.24, 2.45) is 11.8 Å². The van der Waals surface area contributed by atoms with E-state index in [1.807, 2.05) is 18.3 Å². The molecule has 2 heterocycles. The molecule has 3 N–H and O–H groups in total. The molecule has 0 spiro atoms. The predicted molar refractivity (Wildman–Crippen MR) is 113 cm³/mol. The minimum atomic E-state index is -1.17. The number of benzene rings is 2. The zero-order valence-electron chi connectivity index (χ0n) is 17.7. The number of para-hydroxylation sites is 1. The number of quaternary nitrogens is 1. The first-order chi connectivity index (χ1) is 14.9. The Balaban J connectivity index is 1.85. The van der Waals surface area contributed by atoms with Gasteiger partial charge in [-0.15, -0.1) is 0 Å². The average molecular weight is 423 g/mol. The van der Waals surface area contributed by atoms with Gasteiger partial charge in [-0.1, -0.05) is 31.5 Å². The summed E-state index contributed by atoms with van der Waals surface area (Å²) in [5.74, 6) is -2.55. The molecule has 0 radical (unpaired) electrons. The van der Waals surface area contributed by atoms with Crippen LogP contribution in [0.15, 0.2) is 54.6 Å². The number of hydrogen-bond acceptors (Lipinski definition) is 5. The zero-order chi connectivity index (χ0) is 22.2. The van der Waals surface area contributed by atoms with Crippen LogP contribution in [0.3, 0.4) is 0 Å². The highest BCUT2D eigenvalue weighted by Crippen LogP contribution is 2.47. The van der Waals surface area contributed by atoms with Gasteiger partial charge in [0.1, 0.15) is 23.6 Å². The minimum absolute atomic E-state index is 0.114. The highest BCUT2D eigenvalue weighted by Gasteiger charge is 2.72. The molecule has 2 fully saturated rings. The minimum Gasteiger partial charge on any atom is -0.508 e. The van der Waals surface area contributed by atoms with Crippen LogP contribution in [0.4, 0.5) is 5.69 Å². The Kier molecular flexibility index (Phi) is 5.54. The molecule has 2 aromatic rings. The maximum Gasteiger partial charge on any atom is 0.368 e. The molecular formula is C24H27N2O5+. The van der Waals surface area contributed by atoms with Crippen molar-refractivity contribution in [1.82, 2.24) is 0 Å². The lowest BCUT2D eigenvalue weighted by Gasteiger charge is -2.29. The first-order valence-corrected chi connectivity index (χ1v) is 10.6. The molecule has 2 aliphatic rings. The summed E-state index contributed by atoms with van der Waals surface area (Å²) in [7, 11) is 1.32. The fraction of sp³-hybridized carbons (Fsp3) is 0.375. The van der Waals surface area contributed by atoms with Crippen LogP contribution in [-0.4, -0.2) is 35.5 Å². The number of anilines is 1. The molecule has 0 unspecified atom stereocenters. The summed E-state index contributed by atoms with van der Waals surface area (Å²) in [6.07, 6.45) is 2.01. The third-order valence-electron chi connectivity index (χ3n) is 6.57. The number of imide groups is 1. The molecule has 4 atom stereocenters. The SMILES string of the molecule is CCCC[C@@]1(C(=O)OC)[NH2+][C@@H](c2ccc(O)cc2)[C@H]2C(=O)N(c3ccccc3)C(=O)[C@H]21. The van der Waals surface area contributed by atoms with E-state index in [1.165, 1.54) is 12.0 Å². The highest BCUT2D eigenvalue weighted by molar-refractivity contribution is 6.23. The van der Waals surface area contributed by atoms with E-state index >= 15 is 0 Å². The van der Waals surface area contributed by atoms with Crippen molar-refractivity contribution in [3.05, 3.63) is 60.2 Å². The summed E-state index contributed by atoms with van der Waals surface area (Å²) in [5, 5.41) is 11.6. The zero-order valence-corrected chi connectivity index (χ0v) is 17.7. The van der Waals surface area contributed by atoms with Crippen molar-refractivity contribution in [2.75, 3.05) is 12.0 Å². The van der Waals surface area contributed by atoms with Gasteiger partial charge in [-0.25, -0.2) is 9.69 Å². The molecule has 7 heteroatoms. The van der Waals surface area contributed by atoms with E-state index in [4.69, 9.17) is 4.74 Å². The monoisotopic (exact) mass is 423 g/mol. The molecule has 0 bridgehead atoms. The van der Waals surface area contributed by atoms with Crippen LogP contribution >= 0.6 is 0 Å². The number of nitrogens with two attached hydrogens (primary N) is 1. The summed E-state index contributed by atoms with van der Waals surface area (Å²) in [5.41, 5.74) is 0.116. The Morgan fingerprint density at radius 3 is 2.39 bits per heavy atom. The van der Waals surface area contributed by atoms with Crippen molar-refractivity contribution >= 4 is 23.5 Å². The van der Waals surface area contributed by atoms with E-state index in [0.717, 1.165) is 18.4 Å². The molecule has 0 aliphatic carbocycles. The average Bonchev–Trinajstić information content (AvgIpc) is 3.27. The quantitative estimate of drug-likeness (QED) is 0.546. The number of methoxy groups -OCH3 is 1. The van der Waals surface area contributed by atoms with Gasteiger partial charge in [0.25, 0.3) is 0 Å². The number of carbonyl (C=O) groups is 3. The van der Waals surface area contributed by atoms with E-state index < -0.39 is 29.4 Å². The van der Waals surface area contributed by atoms with Gasteiger partial charge >= 0.3 is 5.97 Å². The molecule has 4 rings (SSSR count). The summed E-state index contributed by atoms with van der Waals surface area (Å²) < 4.78 is 5.18. The molecule has 2 aliphatic heterocycles. The fourth-order valence-corrected chi connectivity index (χ4v) is 5.15. The molecular weight excluding hydrogens is 396 g/mol. The third kappa shape index (κ3) is 3.29. The number of fused-ring (bicyclic) bond motifs is 1. The lowest BCUT2D eigenvalue weighted by molar-refractivity contribution is -0.734.